The Kier molecular flexibility index (Phi) is 4.25. The van der Waals surface area contributed by atoms with Crippen LogP contribution >= 0.6 is 0 Å². The Hall–Kier alpha value is -1.77. The third-order valence-electron chi connectivity index (χ3n) is 3.22. The molecule has 0 spiro atoms. The van der Waals surface area contributed by atoms with E-state index in [4.69, 9.17) is 9.47 Å². The molecule has 0 aliphatic carbocycles. The molecule has 0 unspecified atom stereocenters. The van der Waals surface area contributed by atoms with Crippen LogP contribution in [-0.4, -0.2) is 19.5 Å². The highest BCUT2D eigenvalue weighted by Crippen LogP contribution is 2.32. The monoisotopic (exact) mass is 260 g/mol. The standard InChI is InChI=1S/C16H20O3/c1-11(2)6-7-12-9-13-14(17)5-4-8-19-16(13)10-15(12)18-3/h6,9-10H,4-5,7-8H2,1-3H3. The van der Waals surface area contributed by atoms with E-state index >= 15 is 0 Å². The first kappa shape index (κ1) is 13.7. The molecule has 0 aromatic heterocycles. The Morgan fingerprint density at radius 1 is 1.42 bits per heavy atom. The lowest BCUT2D eigenvalue weighted by Crippen LogP contribution is -2.01. The van der Waals surface area contributed by atoms with E-state index in [2.05, 4.69) is 19.9 Å². The molecular weight excluding hydrogens is 240 g/mol. The molecule has 0 bridgehead atoms. The molecule has 19 heavy (non-hydrogen) atoms. The van der Waals surface area contributed by atoms with Crippen molar-refractivity contribution in [2.45, 2.75) is 33.1 Å². The van der Waals surface area contributed by atoms with Crippen molar-refractivity contribution in [1.82, 2.24) is 0 Å². The average Bonchev–Trinajstić information content (AvgIpc) is 2.57. The molecule has 1 aliphatic heterocycles. The number of ketones is 1. The quantitative estimate of drug-likeness (QED) is 0.779. The second-order valence-corrected chi connectivity index (χ2v) is 5.02. The van der Waals surface area contributed by atoms with Gasteiger partial charge in [-0.2, -0.15) is 0 Å². The summed E-state index contributed by atoms with van der Waals surface area (Å²) in [5, 5.41) is 0. The van der Waals surface area contributed by atoms with Crippen LogP contribution in [0.3, 0.4) is 0 Å². The highest BCUT2D eigenvalue weighted by molar-refractivity contribution is 5.99. The summed E-state index contributed by atoms with van der Waals surface area (Å²) in [5.41, 5.74) is 2.97. The van der Waals surface area contributed by atoms with E-state index in [0.717, 1.165) is 24.2 Å². The van der Waals surface area contributed by atoms with Crippen LogP contribution in [0, 0.1) is 0 Å². The van der Waals surface area contributed by atoms with E-state index in [0.29, 0.717) is 24.3 Å². The number of rotatable bonds is 3. The second-order valence-electron chi connectivity index (χ2n) is 5.02. The number of allylic oxidation sites excluding steroid dienone is 2. The molecular formula is C16H20O3. The topological polar surface area (TPSA) is 35.5 Å². The largest absolute Gasteiger partial charge is 0.496 e. The van der Waals surface area contributed by atoms with Crippen LogP contribution in [0.25, 0.3) is 0 Å². The van der Waals surface area contributed by atoms with Gasteiger partial charge in [-0.25, -0.2) is 0 Å². The minimum atomic E-state index is 0.161. The molecule has 1 heterocycles. The summed E-state index contributed by atoms with van der Waals surface area (Å²) in [4.78, 5) is 12.1. The van der Waals surface area contributed by atoms with Crippen molar-refractivity contribution in [3.63, 3.8) is 0 Å². The third-order valence-corrected chi connectivity index (χ3v) is 3.22. The van der Waals surface area contributed by atoms with Crippen LogP contribution in [0.15, 0.2) is 23.8 Å². The molecule has 0 saturated heterocycles. The second kappa shape index (κ2) is 5.91. The fraction of sp³-hybridized carbons (Fsp3) is 0.438. The van der Waals surface area contributed by atoms with Crippen molar-refractivity contribution in [2.75, 3.05) is 13.7 Å². The predicted molar refractivity (Wildman–Crippen MR) is 75.2 cm³/mol. The minimum absolute atomic E-state index is 0.161. The lowest BCUT2D eigenvalue weighted by molar-refractivity contribution is 0.0983. The van der Waals surface area contributed by atoms with Gasteiger partial charge in [0.05, 0.1) is 19.3 Å². The van der Waals surface area contributed by atoms with Gasteiger partial charge in [0.1, 0.15) is 11.5 Å². The molecule has 0 fully saturated rings. The summed E-state index contributed by atoms with van der Waals surface area (Å²) in [5.74, 6) is 1.60. The zero-order valence-corrected chi connectivity index (χ0v) is 11.8. The molecule has 0 saturated carbocycles. The molecule has 3 heteroatoms. The molecule has 2 rings (SSSR count). The Bertz CT molecular complexity index is 511. The van der Waals surface area contributed by atoms with Crippen molar-refractivity contribution in [3.05, 3.63) is 34.9 Å². The molecule has 0 radical (unpaired) electrons. The van der Waals surface area contributed by atoms with Gasteiger partial charge in [-0.3, -0.25) is 4.79 Å². The van der Waals surface area contributed by atoms with Crippen molar-refractivity contribution in [3.8, 4) is 11.5 Å². The number of carbonyl (C=O) groups is 1. The van der Waals surface area contributed by atoms with Crippen molar-refractivity contribution < 1.29 is 14.3 Å². The van der Waals surface area contributed by atoms with Gasteiger partial charge in [0.2, 0.25) is 0 Å². The Balaban J connectivity index is 2.43. The van der Waals surface area contributed by atoms with Crippen LogP contribution < -0.4 is 9.47 Å². The van der Waals surface area contributed by atoms with Gasteiger partial charge in [-0.15, -0.1) is 0 Å². The summed E-state index contributed by atoms with van der Waals surface area (Å²) in [6, 6.07) is 3.76. The van der Waals surface area contributed by atoms with E-state index in [1.807, 2.05) is 12.1 Å². The normalized spacial score (nSPS) is 14.2. The van der Waals surface area contributed by atoms with Crippen molar-refractivity contribution in [2.24, 2.45) is 0 Å². The maximum absolute atomic E-state index is 12.1. The molecule has 0 atom stereocenters. The lowest BCUT2D eigenvalue weighted by atomic mass is 10.0. The molecule has 1 aromatic carbocycles. The smallest absolute Gasteiger partial charge is 0.166 e. The van der Waals surface area contributed by atoms with Gasteiger partial charge in [-0.1, -0.05) is 11.6 Å². The van der Waals surface area contributed by atoms with E-state index in [1.165, 1.54) is 5.57 Å². The molecule has 0 N–H and O–H groups in total. The summed E-state index contributed by atoms with van der Waals surface area (Å²) < 4.78 is 11.0. The average molecular weight is 260 g/mol. The molecule has 1 aromatic rings. The summed E-state index contributed by atoms with van der Waals surface area (Å²) in [6.07, 6.45) is 4.24. The number of fused-ring (bicyclic) bond motifs is 1. The summed E-state index contributed by atoms with van der Waals surface area (Å²) in [6.45, 7) is 4.71. The first-order valence-electron chi connectivity index (χ1n) is 6.62. The van der Waals surface area contributed by atoms with E-state index in [-0.39, 0.29) is 5.78 Å². The number of hydrogen-bond donors (Lipinski definition) is 0. The van der Waals surface area contributed by atoms with Crippen LogP contribution in [-0.2, 0) is 6.42 Å². The van der Waals surface area contributed by atoms with Gasteiger partial charge >= 0.3 is 0 Å². The van der Waals surface area contributed by atoms with Gasteiger partial charge in [-0.05, 0) is 38.3 Å². The van der Waals surface area contributed by atoms with Crippen LogP contribution in [0.2, 0.25) is 0 Å². The number of hydrogen-bond acceptors (Lipinski definition) is 3. The van der Waals surface area contributed by atoms with Crippen LogP contribution in [0.1, 0.15) is 42.6 Å². The van der Waals surface area contributed by atoms with Gasteiger partial charge in [0.15, 0.2) is 5.78 Å². The van der Waals surface area contributed by atoms with Gasteiger partial charge in [0, 0.05) is 12.5 Å². The SMILES string of the molecule is COc1cc2c(cc1CC=C(C)C)C(=O)CCCO2. The zero-order valence-electron chi connectivity index (χ0n) is 11.8. The number of ether oxygens (including phenoxy) is 2. The maximum Gasteiger partial charge on any atom is 0.166 e. The number of methoxy groups -OCH3 is 1. The highest BCUT2D eigenvalue weighted by Gasteiger charge is 2.19. The van der Waals surface area contributed by atoms with E-state index < -0.39 is 0 Å². The first-order valence-corrected chi connectivity index (χ1v) is 6.62. The molecule has 3 nitrogen and oxygen atoms in total. The van der Waals surface area contributed by atoms with Crippen LogP contribution in [0.4, 0.5) is 0 Å². The maximum atomic E-state index is 12.1. The Labute approximate surface area is 114 Å². The number of Topliss-reactive ketones (excluding diaryl/α,β-unsaturated/α-hetero) is 1. The number of carbonyl (C=O) groups excluding carboxylic acids is 1. The predicted octanol–water partition coefficient (Wildman–Crippen LogP) is 3.56. The number of benzene rings is 1. The van der Waals surface area contributed by atoms with Gasteiger partial charge in [0.25, 0.3) is 0 Å². The van der Waals surface area contributed by atoms with E-state index in [9.17, 15) is 4.79 Å². The van der Waals surface area contributed by atoms with Crippen molar-refractivity contribution in [1.29, 1.82) is 0 Å². The Morgan fingerprint density at radius 2 is 2.21 bits per heavy atom. The fourth-order valence-electron chi connectivity index (χ4n) is 2.16. The highest BCUT2D eigenvalue weighted by atomic mass is 16.5. The first-order chi connectivity index (χ1) is 9.11. The molecule has 1 aliphatic rings. The Morgan fingerprint density at radius 3 is 2.89 bits per heavy atom. The molecule has 102 valence electrons. The lowest BCUT2D eigenvalue weighted by Gasteiger charge is -2.12. The van der Waals surface area contributed by atoms with E-state index in [1.54, 1.807) is 7.11 Å². The zero-order chi connectivity index (χ0) is 13.8. The van der Waals surface area contributed by atoms with Crippen LogP contribution in [0.5, 0.6) is 11.5 Å². The van der Waals surface area contributed by atoms with Crippen molar-refractivity contribution >= 4 is 5.78 Å². The summed E-state index contributed by atoms with van der Waals surface area (Å²) >= 11 is 0. The fourth-order valence-corrected chi connectivity index (χ4v) is 2.16. The third kappa shape index (κ3) is 3.16. The molecule has 0 amide bonds. The minimum Gasteiger partial charge on any atom is -0.496 e. The van der Waals surface area contributed by atoms with Gasteiger partial charge < -0.3 is 9.47 Å². The summed E-state index contributed by atoms with van der Waals surface area (Å²) in [7, 11) is 1.65.